The van der Waals surface area contributed by atoms with Gasteiger partial charge >= 0.3 is 0 Å². The molecule has 0 aliphatic carbocycles. The van der Waals surface area contributed by atoms with Crippen molar-refractivity contribution in [2.75, 3.05) is 6.54 Å². The Labute approximate surface area is 87.5 Å². The summed E-state index contributed by atoms with van der Waals surface area (Å²) in [6.45, 7) is 9.71. The molecule has 0 spiro atoms. The SMILES string of the molecule is CCC(CC)N(CC(C)C)C(N)=S. The molecule has 0 aromatic carbocycles. The van der Waals surface area contributed by atoms with Crippen LogP contribution in [0.15, 0.2) is 0 Å². The summed E-state index contributed by atoms with van der Waals surface area (Å²) < 4.78 is 0. The topological polar surface area (TPSA) is 29.3 Å². The second-order valence-electron chi connectivity index (χ2n) is 3.85. The number of nitrogens with zero attached hydrogens (tertiary/aromatic N) is 1. The van der Waals surface area contributed by atoms with Crippen LogP contribution >= 0.6 is 12.2 Å². The summed E-state index contributed by atoms with van der Waals surface area (Å²) in [7, 11) is 0. The third-order valence-electron chi connectivity index (χ3n) is 2.23. The van der Waals surface area contributed by atoms with Crippen molar-refractivity contribution in [3.63, 3.8) is 0 Å². The predicted molar refractivity (Wildman–Crippen MR) is 62.7 cm³/mol. The van der Waals surface area contributed by atoms with E-state index in [1.54, 1.807) is 0 Å². The second-order valence-corrected chi connectivity index (χ2v) is 4.27. The van der Waals surface area contributed by atoms with Gasteiger partial charge in [0.05, 0.1) is 0 Å². The smallest absolute Gasteiger partial charge is 0.166 e. The van der Waals surface area contributed by atoms with Gasteiger partial charge in [0, 0.05) is 12.6 Å². The van der Waals surface area contributed by atoms with E-state index in [0.29, 0.717) is 17.1 Å². The van der Waals surface area contributed by atoms with Crippen LogP contribution in [0.3, 0.4) is 0 Å². The lowest BCUT2D eigenvalue weighted by molar-refractivity contribution is 0.268. The largest absolute Gasteiger partial charge is 0.376 e. The fraction of sp³-hybridized carbons (Fsp3) is 0.900. The van der Waals surface area contributed by atoms with Gasteiger partial charge in [0.1, 0.15) is 0 Å². The van der Waals surface area contributed by atoms with Crippen molar-refractivity contribution in [3.8, 4) is 0 Å². The van der Waals surface area contributed by atoms with Crippen molar-refractivity contribution in [1.29, 1.82) is 0 Å². The third kappa shape index (κ3) is 4.46. The molecule has 0 aliphatic rings. The van der Waals surface area contributed by atoms with Crippen LogP contribution in [0, 0.1) is 5.92 Å². The Morgan fingerprint density at radius 3 is 2.00 bits per heavy atom. The van der Waals surface area contributed by atoms with Crippen LogP contribution in [-0.2, 0) is 0 Å². The molecule has 0 saturated carbocycles. The lowest BCUT2D eigenvalue weighted by Crippen LogP contribution is -2.44. The highest BCUT2D eigenvalue weighted by Crippen LogP contribution is 2.10. The average molecular weight is 202 g/mol. The van der Waals surface area contributed by atoms with Gasteiger partial charge in [-0.1, -0.05) is 27.7 Å². The average Bonchev–Trinajstić information content (AvgIpc) is 2.04. The van der Waals surface area contributed by atoms with Crippen LogP contribution in [-0.4, -0.2) is 22.6 Å². The van der Waals surface area contributed by atoms with E-state index in [-0.39, 0.29) is 0 Å². The van der Waals surface area contributed by atoms with Crippen molar-refractivity contribution in [2.45, 2.75) is 46.6 Å². The molecule has 0 rings (SSSR count). The van der Waals surface area contributed by atoms with Crippen LogP contribution in [0.2, 0.25) is 0 Å². The maximum Gasteiger partial charge on any atom is 0.166 e. The Morgan fingerprint density at radius 2 is 1.77 bits per heavy atom. The first kappa shape index (κ1) is 12.7. The molecule has 78 valence electrons. The van der Waals surface area contributed by atoms with Crippen LogP contribution in [0.1, 0.15) is 40.5 Å². The van der Waals surface area contributed by atoms with E-state index in [0.717, 1.165) is 19.4 Å². The minimum atomic E-state index is 0.514. The zero-order valence-corrected chi connectivity index (χ0v) is 10.0. The molecule has 0 aliphatic heterocycles. The number of rotatable bonds is 5. The van der Waals surface area contributed by atoms with E-state index in [2.05, 4.69) is 32.6 Å². The first-order chi connectivity index (χ1) is 6.02. The van der Waals surface area contributed by atoms with E-state index in [4.69, 9.17) is 18.0 Å². The molecule has 2 N–H and O–H groups in total. The monoisotopic (exact) mass is 202 g/mol. The quantitative estimate of drug-likeness (QED) is 0.694. The van der Waals surface area contributed by atoms with Gasteiger partial charge in [-0.05, 0) is 31.0 Å². The maximum absolute atomic E-state index is 5.69. The highest BCUT2D eigenvalue weighted by molar-refractivity contribution is 7.80. The Balaban J connectivity index is 4.30. The Hall–Kier alpha value is -0.310. The molecular formula is C10H22N2S. The summed E-state index contributed by atoms with van der Waals surface area (Å²) in [6, 6.07) is 0.514. The van der Waals surface area contributed by atoms with Crippen molar-refractivity contribution in [3.05, 3.63) is 0 Å². The molecule has 0 unspecified atom stereocenters. The molecule has 13 heavy (non-hydrogen) atoms. The van der Waals surface area contributed by atoms with E-state index in [1.165, 1.54) is 0 Å². The first-order valence-electron chi connectivity index (χ1n) is 5.08. The Kier molecular flexibility index (Phi) is 6.04. The normalized spacial score (nSPS) is 10.9. The summed E-state index contributed by atoms with van der Waals surface area (Å²) in [6.07, 6.45) is 2.22. The molecule has 0 aromatic heterocycles. The van der Waals surface area contributed by atoms with Gasteiger partial charge in [0.15, 0.2) is 5.11 Å². The molecule has 0 amide bonds. The van der Waals surface area contributed by atoms with Crippen molar-refractivity contribution in [2.24, 2.45) is 11.7 Å². The summed E-state index contributed by atoms with van der Waals surface area (Å²) >= 11 is 5.05. The third-order valence-corrected chi connectivity index (χ3v) is 2.46. The van der Waals surface area contributed by atoms with Crippen molar-refractivity contribution < 1.29 is 0 Å². The molecule has 0 radical (unpaired) electrons. The van der Waals surface area contributed by atoms with Crippen LogP contribution in [0.4, 0.5) is 0 Å². The molecule has 2 nitrogen and oxygen atoms in total. The maximum atomic E-state index is 5.69. The van der Waals surface area contributed by atoms with Gasteiger partial charge in [-0.2, -0.15) is 0 Å². The number of thiocarbonyl (C=S) groups is 1. The zero-order chi connectivity index (χ0) is 10.4. The van der Waals surface area contributed by atoms with Gasteiger partial charge in [-0.3, -0.25) is 0 Å². The highest BCUT2D eigenvalue weighted by Gasteiger charge is 2.16. The van der Waals surface area contributed by atoms with E-state index < -0.39 is 0 Å². The fourth-order valence-corrected chi connectivity index (χ4v) is 1.77. The van der Waals surface area contributed by atoms with Crippen LogP contribution in [0.5, 0.6) is 0 Å². The lowest BCUT2D eigenvalue weighted by Gasteiger charge is -2.32. The second kappa shape index (κ2) is 6.19. The minimum absolute atomic E-state index is 0.514. The van der Waals surface area contributed by atoms with Gasteiger partial charge in [0.25, 0.3) is 0 Å². The van der Waals surface area contributed by atoms with Crippen LogP contribution in [0.25, 0.3) is 0 Å². The Morgan fingerprint density at radius 1 is 1.31 bits per heavy atom. The van der Waals surface area contributed by atoms with Gasteiger partial charge < -0.3 is 10.6 Å². The zero-order valence-electron chi connectivity index (χ0n) is 9.21. The standard InChI is InChI=1S/C10H22N2S/c1-5-9(6-2)12(10(11)13)7-8(3)4/h8-9H,5-7H2,1-4H3,(H2,11,13). The number of nitrogens with two attached hydrogens (primary N) is 1. The van der Waals surface area contributed by atoms with Crippen molar-refractivity contribution >= 4 is 17.3 Å². The molecule has 3 heteroatoms. The lowest BCUT2D eigenvalue weighted by atomic mass is 10.1. The first-order valence-corrected chi connectivity index (χ1v) is 5.49. The van der Waals surface area contributed by atoms with Crippen molar-refractivity contribution in [1.82, 2.24) is 4.90 Å². The van der Waals surface area contributed by atoms with E-state index in [1.807, 2.05) is 0 Å². The Bertz CT molecular complexity index is 153. The predicted octanol–water partition coefficient (Wildman–Crippen LogP) is 2.38. The van der Waals surface area contributed by atoms with Gasteiger partial charge in [0.2, 0.25) is 0 Å². The van der Waals surface area contributed by atoms with Gasteiger partial charge in [-0.25, -0.2) is 0 Å². The minimum Gasteiger partial charge on any atom is -0.376 e. The molecule has 0 atom stereocenters. The van der Waals surface area contributed by atoms with E-state index in [9.17, 15) is 0 Å². The molecule has 0 fully saturated rings. The van der Waals surface area contributed by atoms with E-state index >= 15 is 0 Å². The molecule has 0 heterocycles. The van der Waals surface area contributed by atoms with Crippen LogP contribution < -0.4 is 5.73 Å². The summed E-state index contributed by atoms with van der Waals surface area (Å²) in [5, 5.41) is 0.544. The summed E-state index contributed by atoms with van der Waals surface area (Å²) in [5.74, 6) is 0.613. The molecule has 0 saturated heterocycles. The number of hydrogen-bond donors (Lipinski definition) is 1. The number of hydrogen-bond acceptors (Lipinski definition) is 1. The molecule has 0 bridgehead atoms. The summed E-state index contributed by atoms with van der Waals surface area (Å²) in [5.41, 5.74) is 5.69. The van der Waals surface area contributed by atoms with Gasteiger partial charge in [-0.15, -0.1) is 0 Å². The fourth-order valence-electron chi connectivity index (χ4n) is 1.54. The molecule has 0 aromatic rings. The summed E-state index contributed by atoms with van der Waals surface area (Å²) in [4.78, 5) is 2.15. The highest BCUT2D eigenvalue weighted by atomic mass is 32.1. The molecular weight excluding hydrogens is 180 g/mol.